The summed E-state index contributed by atoms with van der Waals surface area (Å²) in [5, 5.41) is 0. The van der Waals surface area contributed by atoms with E-state index in [2.05, 4.69) is 6.58 Å². The molecule has 0 heterocycles. The Morgan fingerprint density at radius 2 is 1.65 bits per heavy atom. The summed E-state index contributed by atoms with van der Waals surface area (Å²) in [5.74, 6) is -1.25. The van der Waals surface area contributed by atoms with E-state index in [-0.39, 0.29) is 25.0 Å². The maximum Gasteiger partial charge on any atom is 0.324 e. The van der Waals surface area contributed by atoms with E-state index in [1.54, 1.807) is 27.7 Å². The number of carbonyl (C=O) groups excluding carboxylic acids is 3. The minimum absolute atomic E-state index is 0.0767. The van der Waals surface area contributed by atoms with Gasteiger partial charge in [0.15, 0.2) is 5.41 Å². The van der Waals surface area contributed by atoms with E-state index in [4.69, 9.17) is 9.47 Å². The molecule has 0 aromatic carbocycles. The van der Waals surface area contributed by atoms with Crippen molar-refractivity contribution >= 4 is 18.2 Å². The van der Waals surface area contributed by atoms with Gasteiger partial charge in [0.05, 0.1) is 12.2 Å². The van der Waals surface area contributed by atoms with Gasteiger partial charge in [-0.05, 0) is 47.0 Å². The van der Waals surface area contributed by atoms with Crippen LogP contribution in [-0.2, 0) is 23.9 Å². The van der Waals surface area contributed by atoms with Crippen LogP contribution in [0.25, 0.3) is 0 Å². The Labute approximate surface area is 138 Å². The normalized spacial score (nSPS) is 23.2. The first-order valence-electron chi connectivity index (χ1n) is 8.20. The number of allylic oxidation sites excluding steroid dienone is 1. The van der Waals surface area contributed by atoms with Gasteiger partial charge >= 0.3 is 11.9 Å². The fourth-order valence-corrected chi connectivity index (χ4v) is 3.19. The number of carbonyl (C=O) groups is 3. The summed E-state index contributed by atoms with van der Waals surface area (Å²) >= 11 is 0. The van der Waals surface area contributed by atoms with Crippen LogP contribution in [0.1, 0.15) is 60.3 Å². The number of aldehydes is 1. The highest BCUT2D eigenvalue weighted by molar-refractivity contribution is 6.02. The van der Waals surface area contributed by atoms with Crippen molar-refractivity contribution < 1.29 is 23.9 Å². The number of rotatable bonds is 7. The molecule has 23 heavy (non-hydrogen) atoms. The molecule has 0 aromatic heterocycles. The van der Waals surface area contributed by atoms with E-state index in [1.807, 2.05) is 6.92 Å². The lowest BCUT2D eigenvalue weighted by Crippen LogP contribution is -2.43. The number of hydrogen-bond donors (Lipinski definition) is 0. The molecule has 5 heteroatoms. The van der Waals surface area contributed by atoms with Crippen LogP contribution in [0.3, 0.4) is 0 Å². The summed E-state index contributed by atoms with van der Waals surface area (Å²) in [4.78, 5) is 37.1. The molecule has 0 bridgehead atoms. The van der Waals surface area contributed by atoms with Crippen LogP contribution in [0, 0.1) is 10.8 Å². The molecule has 130 valence electrons. The van der Waals surface area contributed by atoms with Crippen molar-refractivity contribution in [3.05, 3.63) is 12.2 Å². The van der Waals surface area contributed by atoms with E-state index < -0.39 is 22.8 Å². The molecule has 1 fully saturated rings. The van der Waals surface area contributed by atoms with Crippen molar-refractivity contribution in [2.75, 3.05) is 0 Å². The second kappa shape index (κ2) is 7.28. The van der Waals surface area contributed by atoms with Crippen LogP contribution in [0.2, 0.25) is 0 Å². The summed E-state index contributed by atoms with van der Waals surface area (Å²) in [6.45, 7) is 12.8. The lowest BCUT2D eigenvalue weighted by molar-refractivity contribution is -0.177. The van der Waals surface area contributed by atoms with Crippen molar-refractivity contribution in [2.24, 2.45) is 10.8 Å². The highest BCUT2D eigenvalue weighted by Gasteiger charge is 2.61. The van der Waals surface area contributed by atoms with Crippen molar-refractivity contribution in [1.82, 2.24) is 0 Å². The average molecular weight is 324 g/mol. The zero-order valence-electron chi connectivity index (χ0n) is 14.8. The van der Waals surface area contributed by atoms with E-state index in [1.165, 1.54) is 0 Å². The van der Waals surface area contributed by atoms with Crippen LogP contribution in [-0.4, -0.2) is 30.4 Å². The lowest BCUT2D eigenvalue weighted by atomic mass is 9.76. The van der Waals surface area contributed by atoms with Crippen LogP contribution >= 0.6 is 0 Å². The van der Waals surface area contributed by atoms with Gasteiger partial charge in [0.2, 0.25) is 0 Å². The molecule has 1 aliphatic rings. The largest absolute Gasteiger partial charge is 0.462 e. The van der Waals surface area contributed by atoms with Gasteiger partial charge in [-0.2, -0.15) is 0 Å². The quantitative estimate of drug-likeness (QED) is 0.311. The van der Waals surface area contributed by atoms with Gasteiger partial charge < -0.3 is 14.3 Å². The minimum Gasteiger partial charge on any atom is -0.462 e. The molecule has 0 saturated heterocycles. The molecule has 1 saturated carbocycles. The van der Waals surface area contributed by atoms with Gasteiger partial charge in [-0.1, -0.05) is 25.5 Å². The second-order valence-corrected chi connectivity index (χ2v) is 6.97. The summed E-state index contributed by atoms with van der Waals surface area (Å²) in [6.07, 6.45) is 1.61. The molecule has 0 aliphatic heterocycles. The van der Waals surface area contributed by atoms with Gasteiger partial charge in [-0.3, -0.25) is 9.59 Å². The highest BCUT2D eigenvalue weighted by Crippen LogP contribution is 2.55. The molecule has 0 N–H and O–H groups in total. The molecular weight excluding hydrogens is 296 g/mol. The molecule has 1 atom stereocenters. The van der Waals surface area contributed by atoms with Gasteiger partial charge in [0, 0.05) is 5.41 Å². The van der Waals surface area contributed by atoms with Crippen LogP contribution < -0.4 is 0 Å². The number of ether oxygens (including phenoxy) is 2. The first kappa shape index (κ1) is 19.4. The number of esters is 2. The Bertz CT molecular complexity index is 470. The molecule has 0 aromatic rings. The predicted octanol–water partition coefficient (Wildman–Crippen LogP) is 3.21. The van der Waals surface area contributed by atoms with Crippen molar-refractivity contribution in [1.29, 1.82) is 0 Å². The van der Waals surface area contributed by atoms with E-state index in [9.17, 15) is 14.4 Å². The lowest BCUT2D eigenvalue weighted by Gasteiger charge is -2.29. The fraction of sp³-hybridized carbons (Fsp3) is 0.722. The molecule has 0 amide bonds. The Balaban J connectivity index is 3.27. The van der Waals surface area contributed by atoms with Crippen molar-refractivity contribution in [2.45, 2.75) is 72.5 Å². The summed E-state index contributed by atoms with van der Waals surface area (Å²) in [6, 6.07) is 0. The van der Waals surface area contributed by atoms with Gasteiger partial charge in [-0.15, -0.1) is 0 Å². The summed E-state index contributed by atoms with van der Waals surface area (Å²) in [7, 11) is 0. The smallest absolute Gasteiger partial charge is 0.324 e. The maximum absolute atomic E-state index is 12.7. The average Bonchev–Trinajstić information content (AvgIpc) is 2.73. The third kappa shape index (κ3) is 3.82. The minimum atomic E-state index is -1.47. The van der Waals surface area contributed by atoms with Gasteiger partial charge in [0.1, 0.15) is 6.29 Å². The monoisotopic (exact) mass is 324 g/mol. The van der Waals surface area contributed by atoms with Crippen LogP contribution in [0.15, 0.2) is 12.2 Å². The van der Waals surface area contributed by atoms with Crippen LogP contribution in [0.4, 0.5) is 0 Å². The molecule has 1 unspecified atom stereocenters. The van der Waals surface area contributed by atoms with Gasteiger partial charge in [0.25, 0.3) is 0 Å². The first-order valence-corrected chi connectivity index (χ1v) is 8.20. The predicted molar refractivity (Wildman–Crippen MR) is 86.7 cm³/mol. The van der Waals surface area contributed by atoms with Crippen molar-refractivity contribution in [3.63, 3.8) is 0 Å². The summed E-state index contributed by atoms with van der Waals surface area (Å²) in [5.41, 5.74) is -1.72. The second-order valence-electron chi connectivity index (χ2n) is 6.97. The molecular formula is C18H28O5. The van der Waals surface area contributed by atoms with E-state index in [0.29, 0.717) is 12.0 Å². The highest BCUT2D eigenvalue weighted by atomic mass is 16.6. The van der Waals surface area contributed by atoms with E-state index >= 15 is 0 Å². The Kier molecular flexibility index (Phi) is 6.14. The fourth-order valence-electron chi connectivity index (χ4n) is 3.19. The Morgan fingerprint density at radius 1 is 1.17 bits per heavy atom. The van der Waals surface area contributed by atoms with E-state index in [0.717, 1.165) is 12.7 Å². The van der Waals surface area contributed by atoms with Crippen LogP contribution in [0.5, 0.6) is 0 Å². The first-order chi connectivity index (χ1) is 10.6. The Hall–Kier alpha value is -1.65. The zero-order chi connectivity index (χ0) is 17.8. The molecule has 5 nitrogen and oxygen atoms in total. The third-order valence-corrected chi connectivity index (χ3v) is 4.23. The molecule has 0 spiro atoms. The Morgan fingerprint density at radius 3 is 2.00 bits per heavy atom. The van der Waals surface area contributed by atoms with Gasteiger partial charge in [-0.25, -0.2) is 0 Å². The molecule has 1 aliphatic carbocycles. The number of hydrogen-bond acceptors (Lipinski definition) is 5. The van der Waals surface area contributed by atoms with Crippen molar-refractivity contribution in [3.8, 4) is 0 Å². The SMILES string of the molecule is C=C1CC(C(=O)OC(C)C)(C(=O)OC(C)C)CC1(C=O)CCC. The zero-order valence-corrected chi connectivity index (χ0v) is 14.8. The maximum atomic E-state index is 12.7. The molecule has 0 radical (unpaired) electrons. The third-order valence-electron chi connectivity index (χ3n) is 4.23. The summed E-state index contributed by atoms with van der Waals surface area (Å²) < 4.78 is 10.6. The standard InChI is InChI=1S/C18H28O5/c1-7-8-17(11-19)10-18(9-14(17)6,15(20)22-12(2)3)16(21)23-13(4)5/h11-13H,6-10H2,1-5H3. The topological polar surface area (TPSA) is 69.7 Å². The molecule has 1 rings (SSSR count).